The van der Waals surface area contributed by atoms with Gasteiger partial charge in [0.25, 0.3) is 5.91 Å². The van der Waals surface area contributed by atoms with E-state index >= 15 is 0 Å². The SMILES string of the molecule is CC(NC(=O)c1cc(-c2ccco2)nn1-c1ccccc1)c1ccc(NC(N)=O)cc1. The first-order valence-corrected chi connectivity index (χ1v) is 9.68. The van der Waals surface area contributed by atoms with Crippen molar-refractivity contribution in [3.63, 3.8) is 0 Å². The zero-order valence-corrected chi connectivity index (χ0v) is 16.8. The highest BCUT2D eigenvalue weighted by atomic mass is 16.3. The number of primary amides is 1. The molecule has 0 saturated heterocycles. The quantitative estimate of drug-likeness (QED) is 0.439. The average molecular weight is 415 g/mol. The van der Waals surface area contributed by atoms with Gasteiger partial charge in [-0.1, -0.05) is 30.3 Å². The lowest BCUT2D eigenvalue weighted by Gasteiger charge is -2.15. The minimum atomic E-state index is -0.629. The van der Waals surface area contributed by atoms with Crippen molar-refractivity contribution in [2.75, 3.05) is 5.32 Å². The van der Waals surface area contributed by atoms with Crippen LogP contribution in [-0.4, -0.2) is 21.7 Å². The maximum Gasteiger partial charge on any atom is 0.316 e. The van der Waals surface area contributed by atoms with Crippen LogP contribution in [0.5, 0.6) is 0 Å². The number of carbonyl (C=O) groups excluding carboxylic acids is 2. The van der Waals surface area contributed by atoms with Crippen LogP contribution in [-0.2, 0) is 0 Å². The molecule has 0 aliphatic carbocycles. The molecule has 3 amide bonds. The van der Waals surface area contributed by atoms with Gasteiger partial charge in [0.1, 0.15) is 11.4 Å². The molecule has 4 aromatic rings. The number of nitrogens with two attached hydrogens (primary N) is 1. The fourth-order valence-corrected chi connectivity index (χ4v) is 3.20. The number of benzene rings is 2. The van der Waals surface area contributed by atoms with Crippen LogP contribution in [0.2, 0.25) is 0 Å². The number of rotatable bonds is 6. The zero-order chi connectivity index (χ0) is 21.8. The molecule has 8 nitrogen and oxygen atoms in total. The van der Waals surface area contributed by atoms with Gasteiger partial charge in [0, 0.05) is 11.8 Å². The largest absolute Gasteiger partial charge is 0.463 e. The summed E-state index contributed by atoms with van der Waals surface area (Å²) in [4.78, 5) is 24.1. The monoisotopic (exact) mass is 415 g/mol. The second kappa shape index (κ2) is 8.58. The number of nitrogens with one attached hydrogen (secondary N) is 2. The average Bonchev–Trinajstić information content (AvgIpc) is 3.44. The maximum absolute atomic E-state index is 13.1. The summed E-state index contributed by atoms with van der Waals surface area (Å²) < 4.78 is 7.04. The van der Waals surface area contributed by atoms with E-state index in [1.54, 1.807) is 41.3 Å². The van der Waals surface area contributed by atoms with Crippen molar-refractivity contribution in [2.45, 2.75) is 13.0 Å². The Labute approximate surface area is 178 Å². The van der Waals surface area contributed by atoms with E-state index in [1.807, 2.05) is 49.4 Å². The molecule has 156 valence electrons. The number of furan rings is 1. The van der Waals surface area contributed by atoms with Crippen molar-refractivity contribution in [2.24, 2.45) is 5.73 Å². The molecule has 0 bridgehead atoms. The van der Waals surface area contributed by atoms with Gasteiger partial charge >= 0.3 is 6.03 Å². The Kier molecular flexibility index (Phi) is 5.53. The topological polar surface area (TPSA) is 115 Å². The summed E-state index contributed by atoms with van der Waals surface area (Å²) in [6.07, 6.45) is 1.56. The highest BCUT2D eigenvalue weighted by Gasteiger charge is 2.20. The highest BCUT2D eigenvalue weighted by molar-refractivity contribution is 5.94. The molecule has 0 spiro atoms. The molecule has 0 saturated carbocycles. The van der Waals surface area contributed by atoms with Crippen LogP contribution >= 0.6 is 0 Å². The lowest BCUT2D eigenvalue weighted by atomic mass is 10.1. The number of aromatic nitrogens is 2. The van der Waals surface area contributed by atoms with Crippen LogP contribution in [0.25, 0.3) is 17.1 Å². The minimum absolute atomic E-state index is 0.277. The van der Waals surface area contributed by atoms with Crippen molar-refractivity contribution in [1.29, 1.82) is 0 Å². The van der Waals surface area contributed by atoms with Crippen LogP contribution in [0, 0.1) is 0 Å². The molecule has 2 aromatic carbocycles. The first kappa shape index (κ1) is 20.0. The molecule has 0 fully saturated rings. The fraction of sp³-hybridized carbons (Fsp3) is 0.0870. The lowest BCUT2D eigenvalue weighted by molar-refractivity contribution is 0.0932. The number of amides is 3. The van der Waals surface area contributed by atoms with Gasteiger partial charge in [0.15, 0.2) is 5.76 Å². The number of hydrogen-bond acceptors (Lipinski definition) is 4. The number of anilines is 1. The summed E-state index contributed by atoms with van der Waals surface area (Å²) in [5, 5.41) is 10.1. The number of carbonyl (C=O) groups is 2. The Morgan fingerprint density at radius 1 is 1.03 bits per heavy atom. The molecule has 1 unspecified atom stereocenters. The minimum Gasteiger partial charge on any atom is -0.463 e. The Bertz CT molecular complexity index is 1180. The molecular formula is C23H21N5O3. The molecule has 2 aromatic heterocycles. The standard InChI is InChI=1S/C23H21N5O3/c1-15(16-9-11-17(12-10-16)26-23(24)30)25-22(29)20-14-19(21-8-5-13-31-21)27-28(20)18-6-3-2-4-7-18/h2-15H,1H3,(H,25,29)(H3,24,26,30). The van der Waals surface area contributed by atoms with Crippen LogP contribution in [0.1, 0.15) is 29.0 Å². The summed E-state index contributed by atoms with van der Waals surface area (Å²) in [6.45, 7) is 1.88. The van der Waals surface area contributed by atoms with Gasteiger partial charge in [0.2, 0.25) is 0 Å². The summed E-state index contributed by atoms with van der Waals surface area (Å²) in [5.74, 6) is 0.301. The van der Waals surface area contributed by atoms with E-state index < -0.39 is 6.03 Å². The third-order valence-electron chi connectivity index (χ3n) is 4.74. The lowest BCUT2D eigenvalue weighted by Crippen LogP contribution is -2.28. The molecule has 0 aliphatic rings. The summed E-state index contributed by atoms with van der Waals surface area (Å²) in [6, 6.07) is 20.9. The molecule has 8 heteroatoms. The number of hydrogen-bond donors (Lipinski definition) is 3. The van der Waals surface area contributed by atoms with E-state index in [4.69, 9.17) is 10.2 Å². The van der Waals surface area contributed by atoms with Gasteiger partial charge in [-0.05, 0) is 48.9 Å². The second-order valence-corrected chi connectivity index (χ2v) is 6.95. The molecule has 4 N–H and O–H groups in total. The van der Waals surface area contributed by atoms with Gasteiger partial charge < -0.3 is 20.8 Å². The Balaban J connectivity index is 1.59. The van der Waals surface area contributed by atoms with Crippen LogP contribution in [0.3, 0.4) is 0 Å². The van der Waals surface area contributed by atoms with E-state index in [2.05, 4.69) is 15.7 Å². The first-order valence-electron chi connectivity index (χ1n) is 9.68. The Morgan fingerprint density at radius 2 is 1.77 bits per heavy atom. The summed E-state index contributed by atoms with van der Waals surface area (Å²) in [5.41, 5.74) is 8.30. The van der Waals surface area contributed by atoms with Crippen LogP contribution in [0.4, 0.5) is 10.5 Å². The van der Waals surface area contributed by atoms with Crippen molar-refractivity contribution in [3.05, 3.63) is 90.3 Å². The van der Waals surface area contributed by atoms with Crippen molar-refractivity contribution >= 4 is 17.6 Å². The molecule has 1 atom stereocenters. The van der Waals surface area contributed by atoms with Crippen LogP contribution < -0.4 is 16.4 Å². The highest BCUT2D eigenvalue weighted by Crippen LogP contribution is 2.23. The summed E-state index contributed by atoms with van der Waals surface area (Å²) in [7, 11) is 0. The zero-order valence-electron chi connectivity index (χ0n) is 16.8. The fourth-order valence-electron chi connectivity index (χ4n) is 3.20. The van der Waals surface area contributed by atoms with Crippen LogP contribution in [0.15, 0.2) is 83.5 Å². The predicted molar refractivity (Wildman–Crippen MR) is 117 cm³/mol. The third kappa shape index (κ3) is 4.48. The van der Waals surface area contributed by atoms with Crippen molar-refractivity contribution in [1.82, 2.24) is 15.1 Å². The van der Waals surface area contributed by atoms with Crippen molar-refractivity contribution < 1.29 is 14.0 Å². The smallest absolute Gasteiger partial charge is 0.316 e. The van der Waals surface area contributed by atoms with E-state index in [-0.39, 0.29) is 11.9 Å². The summed E-state index contributed by atoms with van der Waals surface area (Å²) >= 11 is 0. The number of urea groups is 1. The Morgan fingerprint density at radius 3 is 2.42 bits per heavy atom. The number of para-hydroxylation sites is 1. The molecular weight excluding hydrogens is 394 g/mol. The molecule has 31 heavy (non-hydrogen) atoms. The van der Waals surface area contributed by atoms with Crippen molar-refractivity contribution in [3.8, 4) is 17.1 Å². The van der Waals surface area contributed by atoms with E-state index in [9.17, 15) is 9.59 Å². The first-order chi connectivity index (χ1) is 15.0. The van der Waals surface area contributed by atoms with E-state index in [0.29, 0.717) is 22.8 Å². The van der Waals surface area contributed by atoms with Gasteiger partial charge in [0.05, 0.1) is 18.0 Å². The van der Waals surface area contributed by atoms with Gasteiger partial charge in [-0.3, -0.25) is 4.79 Å². The molecule has 0 radical (unpaired) electrons. The van der Waals surface area contributed by atoms with E-state index in [0.717, 1.165) is 11.3 Å². The molecule has 0 aliphatic heterocycles. The van der Waals surface area contributed by atoms with Gasteiger partial charge in [-0.25, -0.2) is 9.48 Å². The molecule has 4 rings (SSSR count). The maximum atomic E-state index is 13.1. The normalized spacial score (nSPS) is 11.6. The Hall–Kier alpha value is -4.33. The van der Waals surface area contributed by atoms with Gasteiger partial charge in [-0.15, -0.1) is 0 Å². The predicted octanol–water partition coefficient (Wildman–Crippen LogP) is 4.11. The molecule has 2 heterocycles. The number of nitrogens with zero attached hydrogens (tertiary/aromatic N) is 2. The third-order valence-corrected chi connectivity index (χ3v) is 4.74. The van der Waals surface area contributed by atoms with E-state index in [1.165, 1.54) is 0 Å². The van der Waals surface area contributed by atoms with Gasteiger partial charge in [-0.2, -0.15) is 5.10 Å². The second-order valence-electron chi connectivity index (χ2n) is 6.95.